The highest BCUT2D eigenvalue weighted by molar-refractivity contribution is 8.00. The van der Waals surface area contributed by atoms with E-state index < -0.39 is 0 Å². The van der Waals surface area contributed by atoms with Crippen LogP contribution in [0.3, 0.4) is 0 Å². The zero-order valence-electron chi connectivity index (χ0n) is 16.8. The Hall–Kier alpha value is -1.36. The molecule has 3 rings (SSSR count). The Morgan fingerprint density at radius 3 is 2.57 bits per heavy atom. The molecule has 28 heavy (non-hydrogen) atoms. The molecule has 0 saturated heterocycles. The molecule has 3 nitrogen and oxygen atoms in total. The second kappa shape index (κ2) is 9.91. The van der Waals surface area contributed by atoms with Crippen LogP contribution in [0.4, 0.5) is 0 Å². The Morgan fingerprint density at radius 1 is 1.21 bits per heavy atom. The first kappa shape index (κ1) is 21.4. The summed E-state index contributed by atoms with van der Waals surface area (Å²) in [6, 6.07) is 10.4. The minimum Gasteiger partial charge on any atom is -0.497 e. The van der Waals surface area contributed by atoms with Gasteiger partial charge in [0.05, 0.1) is 25.3 Å². The van der Waals surface area contributed by atoms with Crippen molar-refractivity contribution in [1.82, 2.24) is 0 Å². The van der Waals surface area contributed by atoms with E-state index in [0.29, 0.717) is 11.9 Å². The van der Waals surface area contributed by atoms with E-state index in [1.165, 1.54) is 16.7 Å². The Morgan fingerprint density at radius 2 is 1.96 bits per heavy atom. The molecule has 5 heteroatoms. The predicted octanol–water partition coefficient (Wildman–Crippen LogP) is 5.83. The molecule has 0 spiro atoms. The second-order valence-electron chi connectivity index (χ2n) is 7.12. The lowest BCUT2D eigenvalue weighted by molar-refractivity contribution is 0.292. The number of rotatable bonds is 9. The number of methoxy groups -OCH3 is 1. The van der Waals surface area contributed by atoms with Crippen LogP contribution in [0.25, 0.3) is 0 Å². The van der Waals surface area contributed by atoms with E-state index >= 15 is 0 Å². The number of aliphatic hydroxyl groups excluding tert-OH is 1. The van der Waals surface area contributed by atoms with Crippen LogP contribution in [0.5, 0.6) is 11.5 Å². The molecule has 2 aromatic rings. The van der Waals surface area contributed by atoms with Crippen LogP contribution in [0, 0.1) is 0 Å². The summed E-state index contributed by atoms with van der Waals surface area (Å²) in [4.78, 5) is 0. The van der Waals surface area contributed by atoms with Gasteiger partial charge in [0.2, 0.25) is 0 Å². The molecule has 2 aromatic carbocycles. The Kier molecular flexibility index (Phi) is 7.55. The molecule has 0 amide bonds. The fourth-order valence-electron chi connectivity index (χ4n) is 3.68. The summed E-state index contributed by atoms with van der Waals surface area (Å²) in [6.07, 6.45) is 3.63. The smallest absolute Gasteiger partial charge is 0.141 e. The van der Waals surface area contributed by atoms with Gasteiger partial charge in [0.1, 0.15) is 11.5 Å². The van der Waals surface area contributed by atoms with Crippen molar-refractivity contribution in [2.75, 3.05) is 20.3 Å². The number of aliphatic hydroxyl groups is 1. The molecule has 1 aliphatic rings. The van der Waals surface area contributed by atoms with Gasteiger partial charge in [0, 0.05) is 22.5 Å². The van der Waals surface area contributed by atoms with Crippen LogP contribution >= 0.6 is 23.4 Å². The Labute approximate surface area is 177 Å². The molecule has 1 aliphatic heterocycles. The van der Waals surface area contributed by atoms with E-state index in [-0.39, 0.29) is 11.9 Å². The third kappa shape index (κ3) is 4.61. The van der Waals surface area contributed by atoms with Crippen molar-refractivity contribution in [1.29, 1.82) is 0 Å². The van der Waals surface area contributed by atoms with Gasteiger partial charge in [0.15, 0.2) is 0 Å². The fourth-order valence-corrected chi connectivity index (χ4v) is 5.26. The molecule has 0 aromatic heterocycles. The Balaban J connectivity index is 1.96. The molecule has 1 N–H and O–H groups in total. The first-order valence-corrected chi connectivity index (χ1v) is 11.3. The highest BCUT2D eigenvalue weighted by Gasteiger charge is 2.27. The summed E-state index contributed by atoms with van der Waals surface area (Å²) < 4.78 is 11.2. The summed E-state index contributed by atoms with van der Waals surface area (Å²) in [5.74, 6) is 1.71. The fraction of sp³-hybridized carbons (Fsp3) is 0.478. The largest absolute Gasteiger partial charge is 0.497 e. The zero-order valence-corrected chi connectivity index (χ0v) is 18.4. The van der Waals surface area contributed by atoms with Crippen LogP contribution in [0.2, 0.25) is 5.02 Å². The highest BCUT2D eigenvalue weighted by Crippen LogP contribution is 2.46. The zero-order chi connectivity index (χ0) is 20.1. The SMILES string of the molecule is CCC(CO)SC(CC)c1cc(Cc2ccc(OC)cc2)c(Cl)c2c1CCO2. The third-order valence-corrected chi connectivity index (χ3v) is 7.52. The number of thioether (sulfide) groups is 1. The maximum absolute atomic E-state index is 9.67. The third-order valence-electron chi connectivity index (χ3n) is 5.32. The van der Waals surface area contributed by atoms with E-state index in [0.717, 1.165) is 47.8 Å². The standard InChI is InChI=1S/C23H29ClO3S/c1-4-18(14-25)28-21(5-2)20-13-16(22(24)23-19(20)10-11-27-23)12-15-6-8-17(26-3)9-7-15/h6-9,13,18,21,25H,4-5,10-12,14H2,1-3H3. The molecule has 152 valence electrons. The second-order valence-corrected chi connectivity index (χ2v) is 9.00. The van der Waals surface area contributed by atoms with Gasteiger partial charge in [-0.1, -0.05) is 43.6 Å². The summed E-state index contributed by atoms with van der Waals surface area (Å²) in [7, 11) is 1.68. The number of benzene rings is 2. The molecule has 0 aliphatic carbocycles. The topological polar surface area (TPSA) is 38.7 Å². The lowest BCUT2D eigenvalue weighted by atomic mass is 9.95. The number of ether oxygens (including phenoxy) is 2. The van der Waals surface area contributed by atoms with Crippen LogP contribution in [-0.2, 0) is 12.8 Å². The van der Waals surface area contributed by atoms with Gasteiger partial charge in [-0.15, -0.1) is 11.8 Å². The number of hydrogen-bond acceptors (Lipinski definition) is 4. The predicted molar refractivity (Wildman–Crippen MR) is 118 cm³/mol. The molecular weight excluding hydrogens is 392 g/mol. The minimum atomic E-state index is 0.211. The molecule has 0 saturated carbocycles. The average Bonchev–Trinajstić information content (AvgIpc) is 3.22. The van der Waals surface area contributed by atoms with Gasteiger partial charge in [-0.2, -0.15) is 0 Å². The van der Waals surface area contributed by atoms with Gasteiger partial charge in [0.25, 0.3) is 0 Å². The summed E-state index contributed by atoms with van der Waals surface area (Å²) in [6.45, 7) is 5.24. The average molecular weight is 421 g/mol. The van der Waals surface area contributed by atoms with Crippen molar-refractivity contribution in [3.63, 3.8) is 0 Å². The summed E-state index contributed by atoms with van der Waals surface area (Å²) in [5.41, 5.74) is 4.85. The van der Waals surface area contributed by atoms with Crippen LogP contribution in [0.1, 0.15) is 54.2 Å². The van der Waals surface area contributed by atoms with E-state index in [2.05, 4.69) is 32.0 Å². The van der Waals surface area contributed by atoms with Gasteiger partial charge < -0.3 is 14.6 Å². The normalized spacial score (nSPS) is 15.0. The van der Waals surface area contributed by atoms with Crippen molar-refractivity contribution in [3.8, 4) is 11.5 Å². The van der Waals surface area contributed by atoms with E-state index in [1.54, 1.807) is 7.11 Å². The van der Waals surface area contributed by atoms with Crippen LogP contribution < -0.4 is 9.47 Å². The quantitative estimate of drug-likeness (QED) is 0.553. The molecule has 2 unspecified atom stereocenters. The molecule has 2 atom stereocenters. The molecule has 1 heterocycles. The van der Waals surface area contributed by atoms with E-state index in [4.69, 9.17) is 21.1 Å². The van der Waals surface area contributed by atoms with E-state index in [9.17, 15) is 5.11 Å². The lowest BCUT2D eigenvalue weighted by Crippen LogP contribution is -2.11. The van der Waals surface area contributed by atoms with Crippen molar-refractivity contribution >= 4 is 23.4 Å². The van der Waals surface area contributed by atoms with Crippen molar-refractivity contribution in [2.24, 2.45) is 0 Å². The van der Waals surface area contributed by atoms with Gasteiger partial charge in [-0.05, 0) is 48.1 Å². The number of fused-ring (bicyclic) bond motifs is 1. The summed E-state index contributed by atoms with van der Waals surface area (Å²) >= 11 is 8.62. The van der Waals surface area contributed by atoms with Gasteiger partial charge in [-0.25, -0.2) is 0 Å². The van der Waals surface area contributed by atoms with Gasteiger partial charge in [-0.3, -0.25) is 0 Å². The number of halogens is 1. The molecular formula is C23H29ClO3S. The molecule has 0 bridgehead atoms. The Bertz CT molecular complexity index is 787. The lowest BCUT2D eigenvalue weighted by Gasteiger charge is -2.24. The maximum atomic E-state index is 9.67. The molecule has 0 radical (unpaired) electrons. The monoisotopic (exact) mass is 420 g/mol. The van der Waals surface area contributed by atoms with E-state index in [1.807, 2.05) is 23.9 Å². The van der Waals surface area contributed by atoms with Crippen LogP contribution in [0.15, 0.2) is 30.3 Å². The van der Waals surface area contributed by atoms with Crippen LogP contribution in [-0.4, -0.2) is 30.7 Å². The molecule has 0 fully saturated rings. The highest BCUT2D eigenvalue weighted by atomic mass is 35.5. The van der Waals surface area contributed by atoms with Crippen molar-refractivity contribution < 1.29 is 14.6 Å². The first-order chi connectivity index (χ1) is 13.6. The summed E-state index contributed by atoms with van der Waals surface area (Å²) in [5, 5.41) is 11.0. The van der Waals surface area contributed by atoms with Crippen molar-refractivity contribution in [2.45, 2.75) is 50.0 Å². The minimum absolute atomic E-state index is 0.211. The first-order valence-electron chi connectivity index (χ1n) is 9.97. The van der Waals surface area contributed by atoms with Gasteiger partial charge >= 0.3 is 0 Å². The maximum Gasteiger partial charge on any atom is 0.141 e. The van der Waals surface area contributed by atoms with Crippen molar-refractivity contribution in [3.05, 3.63) is 57.6 Å². The number of hydrogen-bond donors (Lipinski definition) is 1.